The smallest absolute Gasteiger partial charge is 0.246 e. The zero-order chi connectivity index (χ0) is 11.5. The number of para-hydroxylation sites is 1. The number of aromatic nitrogens is 1. The van der Waals surface area contributed by atoms with Crippen molar-refractivity contribution in [2.45, 2.75) is 12.3 Å². The van der Waals surface area contributed by atoms with Gasteiger partial charge in [0.25, 0.3) is 0 Å². The van der Waals surface area contributed by atoms with Crippen molar-refractivity contribution in [2.24, 2.45) is 5.73 Å². The van der Waals surface area contributed by atoms with Gasteiger partial charge in [0.2, 0.25) is 6.43 Å². The van der Waals surface area contributed by atoms with Crippen molar-refractivity contribution in [3.63, 3.8) is 0 Å². The highest BCUT2D eigenvalue weighted by molar-refractivity contribution is 5.78. The fourth-order valence-corrected chi connectivity index (χ4v) is 1.68. The third kappa shape index (κ3) is 2.02. The number of hydrogen-bond acceptors (Lipinski definition) is 2. The number of nitrogens with two attached hydrogens (primary N) is 1. The summed E-state index contributed by atoms with van der Waals surface area (Å²) in [4.78, 5) is 4.14. The number of hydrogen-bond donors (Lipinski definition) is 1. The number of benzene rings is 1. The minimum atomic E-state index is -2.45. The molecule has 4 heteroatoms. The van der Waals surface area contributed by atoms with E-state index in [2.05, 4.69) is 4.98 Å². The predicted octanol–water partition coefficient (Wildman–Crippen LogP) is 2.54. The van der Waals surface area contributed by atoms with Crippen LogP contribution in [-0.4, -0.2) is 18.0 Å². The van der Waals surface area contributed by atoms with Crippen molar-refractivity contribution in [1.82, 2.24) is 4.98 Å². The van der Waals surface area contributed by atoms with Gasteiger partial charge in [0.1, 0.15) is 0 Å². The maximum absolute atomic E-state index is 12.7. The molecule has 0 aliphatic rings. The first-order chi connectivity index (χ1) is 7.72. The quantitative estimate of drug-likeness (QED) is 0.866. The second kappa shape index (κ2) is 4.53. The molecule has 2 aromatic rings. The van der Waals surface area contributed by atoms with Crippen molar-refractivity contribution in [1.29, 1.82) is 0 Å². The summed E-state index contributed by atoms with van der Waals surface area (Å²) in [6.45, 7) is -0.0717. The first-order valence-electron chi connectivity index (χ1n) is 5.05. The van der Waals surface area contributed by atoms with Crippen LogP contribution in [0.1, 0.15) is 11.5 Å². The highest BCUT2D eigenvalue weighted by Crippen LogP contribution is 2.24. The monoisotopic (exact) mass is 222 g/mol. The van der Waals surface area contributed by atoms with Gasteiger partial charge in [-0.3, -0.25) is 4.98 Å². The average molecular weight is 222 g/mol. The second-order valence-corrected chi connectivity index (χ2v) is 3.64. The van der Waals surface area contributed by atoms with Crippen LogP contribution in [-0.2, 0) is 0 Å². The summed E-state index contributed by atoms with van der Waals surface area (Å²) in [6, 6.07) is 9.14. The van der Waals surface area contributed by atoms with Gasteiger partial charge in [0, 0.05) is 18.1 Å². The van der Waals surface area contributed by atoms with E-state index in [1.165, 1.54) is 6.20 Å². The maximum atomic E-state index is 12.7. The first-order valence-corrected chi connectivity index (χ1v) is 5.05. The predicted molar refractivity (Wildman–Crippen MR) is 59.5 cm³/mol. The number of rotatable bonds is 3. The Morgan fingerprint density at radius 2 is 2.00 bits per heavy atom. The van der Waals surface area contributed by atoms with Crippen LogP contribution in [0.25, 0.3) is 10.9 Å². The summed E-state index contributed by atoms with van der Waals surface area (Å²) < 4.78 is 25.4. The number of fused-ring (bicyclic) bond motifs is 1. The summed E-state index contributed by atoms with van der Waals surface area (Å²) >= 11 is 0. The fraction of sp³-hybridized carbons (Fsp3) is 0.250. The van der Waals surface area contributed by atoms with Crippen LogP contribution in [0.5, 0.6) is 0 Å². The fourth-order valence-electron chi connectivity index (χ4n) is 1.68. The highest BCUT2D eigenvalue weighted by Gasteiger charge is 2.21. The van der Waals surface area contributed by atoms with Crippen LogP contribution in [0.2, 0.25) is 0 Å². The normalized spacial score (nSPS) is 13.2. The largest absolute Gasteiger partial charge is 0.330 e. The van der Waals surface area contributed by atoms with Crippen LogP contribution in [0.3, 0.4) is 0 Å². The van der Waals surface area contributed by atoms with Gasteiger partial charge in [0.15, 0.2) is 0 Å². The van der Waals surface area contributed by atoms with Crippen LogP contribution in [0.15, 0.2) is 36.5 Å². The molecule has 0 amide bonds. The molecule has 0 saturated carbocycles. The lowest BCUT2D eigenvalue weighted by Crippen LogP contribution is -2.19. The van der Waals surface area contributed by atoms with Crippen molar-refractivity contribution >= 4 is 10.9 Å². The third-order valence-corrected chi connectivity index (χ3v) is 2.60. The minimum absolute atomic E-state index is 0.0717. The summed E-state index contributed by atoms with van der Waals surface area (Å²) in [6.07, 6.45) is -0.973. The van der Waals surface area contributed by atoms with Crippen LogP contribution >= 0.6 is 0 Å². The van der Waals surface area contributed by atoms with Crippen LogP contribution in [0, 0.1) is 0 Å². The van der Waals surface area contributed by atoms with E-state index >= 15 is 0 Å². The van der Waals surface area contributed by atoms with Crippen molar-refractivity contribution in [3.05, 3.63) is 42.1 Å². The Bertz CT molecular complexity index is 485. The van der Waals surface area contributed by atoms with E-state index in [0.717, 1.165) is 10.9 Å². The molecule has 0 radical (unpaired) electrons. The molecule has 16 heavy (non-hydrogen) atoms. The van der Waals surface area contributed by atoms with E-state index in [1.54, 1.807) is 6.07 Å². The molecule has 1 aromatic heterocycles. The number of alkyl halides is 2. The van der Waals surface area contributed by atoms with Gasteiger partial charge in [0.05, 0.1) is 11.4 Å². The van der Waals surface area contributed by atoms with Crippen LogP contribution < -0.4 is 5.73 Å². The Hall–Kier alpha value is -1.55. The molecule has 2 N–H and O–H groups in total. The van der Waals surface area contributed by atoms with Gasteiger partial charge in [-0.2, -0.15) is 0 Å². The summed E-state index contributed by atoms with van der Waals surface area (Å²) in [5.74, 6) is -0.933. The number of pyridine rings is 1. The second-order valence-electron chi connectivity index (χ2n) is 3.64. The topological polar surface area (TPSA) is 38.9 Å². The third-order valence-electron chi connectivity index (χ3n) is 2.60. The summed E-state index contributed by atoms with van der Waals surface area (Å²) in [7, 11) is 0. The van der Waals surface area contributed by atoms with Gasteiger partial charge in [-0.25, -0.2) is 8.78 Å². The average Bonchev–Trinajstić information content (AvgIpc) is 2.29. The van der Waals surface area contributed by atoms with E-state index in [0.29, 0.717) is 5.56 Å². The Kier molecular flexibility index (Phi) is 3.10. The standard InChI is InChI=1S/C12H12F2N2/c13-12(14)10(6-15)9-5-8-3-1-2-4-11(8)16-7-9/h1-5,7,10,12H,6,15H2. The molecule has 1 aromatic carbocycles. The van der Waals surface area contributed by atoms with Gasteiger partial charge in [-0.15, -0.1) is 0 Å². The SMILES string of the molecule is NCC(c1cnc2ccccc2c1)C(F)F. The molecule has 0 aliphatic heterocycles. The molecule has 2 nitrogen and oxygen atoms in total. The minimum Gasteiger partial charge on any atom is -0.330 e. The van der Waals surface area contributed by atoms with Gasteiger partial charge < -0.3 is 5.73 Å². The zero-order valence-electron chi connectivity index (χ0n) is 8.61. The van der Waals surface area contributed by atoms with E-state index in [1.807, 2.05) is 24.3 Å². The molecule has 84 valence electrons. The Balaban J connectivity index is 2.45. The lowest BCUT2D eigenvalue weighted by Gasteiger charge is -2.13. The van der Waals surface area contributed by atoms with Crippen LogP contribution in [0.4, 0.5) is 8.78 Å². The van der Waals surface area contributed by atoms with E-state index < -0.39 is 12.3 Å². The van der Waals surface area contributed by atoms with Gasteiger partial charge in [-0.05, 0) is 17.7 Å². The molecule has 0 bridgehead atoms. The Labute approximate surface area is 92.1 Å². The molecule has 0 saturated heterocycles. The number of nitrogens with zero attached hydrogens (tertiary/aromatic N) is 1. The molecule has 0 aliphatic carbocycles. The lowest BCUT2D eigenvalue weighted by molar-refractivity contribution is 0.117. The highest BCUT2D eigenvalue weighted by atomic mass is 19.3. The number of halogens is 2. The molecule has 0 fully saturated rings. The summed E-state index contributed by atoms with van der Waals surface area (Å²) in [5.41, 5.74) is 6.64. The zero-order valence-corrected chi connectivity index (χ0v) is 8.61. The summed E-state index contributed by atoms with van der Waals surface area (Å²) in [5, 5.41) is 0.860. The molecule has 1 heterocycles. The van der Waals surface area contributed by atoms with Gasteiger partial charge >= 0.3 is 0 Å². The van der Waals surface area contributed by atoms with E-state index in [-0.39, 0.29) is 6.54 Å². The van der Waals surface area contributed by atoms with E-state index in [4.69, 9.17) is 5.73 Å². The van der Waals surface area contributed by atoms with Crippen molar-refractivity contribution < 1.29 is 8.78 Å². The van der Waals surface area contributed by atoms with Gasteiger partial charge in [-0.1, -0.05) is 18.2 Å². The Morgan fingerprint density at radius 1 is 1.25 bits per heavy atom. The first kappa shape index (κ1) is 11.0. The van der Waals surface area contributed by atoms with Crippen molar-refractivity contribution in [2.75, 3.05) is 6.54 Å². The molecular formula is C12H12F2N2. The molecular weight excluding hydrogens is 210 g/mol. The maximum Gasteiger partial charge on any atom is 0.246 e. The van der Waals surface area contributed by atoms with E-state index in [9.17, 15) is 8.78 Å². The molecule has 1 atom stereocenters. The molecule has 1 unspecified atom stereocenters. The molecule has 2 rings (SSSR count). The van der Waals surface area contributed by atoms with Crippen molar-refractivity contribution in [3.8, 4) is 0 Å². The lowest BCUT2D eigenvalue weighted by atomic mass is 10.00. The molecule has 0 spiro atoms. The Morgan fingerprint density at radius 3 is 2.69 bits per heavy atom.